The van der Waals surface area contributed by atoms with E-state index < -0.39 is 8.07 Å². The number of hydrogen-bond acceptors (Lipinski definition) is 4. The van der Waals surface area contributed by atoms with Gasteiger partial charge in [-0.2, -0.15) is 0 Å². The standard InChI is InChI=1S/C52H38N4Si/c1-57(2)46-28-10-9-27-45(46)50-51(57)49(36-17-7-4-8-18-36)55-52(56-50)44-26-14-24-42(34-44)40-22-12-20-38(32-40)37-19-11-21-39(31-37)41-23-13-25-43(33-41)48-47(53-29-30-54-48)35-15-5-3-6-16-35/h3-34H,1-2H3. The normalized spacial score (nSPS) is 12.5. The van der Waals surface area contributed by atoms with Crippen molar-refractivity contribution in [2.24, 2.45) is 0 Å². The van der Waals surface area contributed by atoms with Crippen LogP contribution in [0.1, 0.15) is 0 Å². The molecule has 0 radical (unpaired) electrons. The lowest BCUT2D eigenvalue weighted by Gasteiger charge is -2.21. The molecule has 1 aliphatic rings. The number of rotatable bonds is 7. The summed E-state index contributed by atoms with van der Waals surface area (Å²) in [5.41, 5.74) is 16.2. The maximum Gasteiger partial charge on any atom is 0.160 e. The van der Waals surface area contributed by atoms with Gasteiger partial charge in [0.2, 0.25) is 0 Å². The molecule has 0 saturated heterocycles. The van der Waals surface area contributed by atoms with E-state index in [9.17, 15) is 0 Å². The van der Waals surface area contributed by atoms with Crippen LogP contribution >= 0.6 is 0 Å². The Hall–Kier alpha value is -7.08. The van der Waals surface area contributed by atoms with Crippen LogP contribution in [0.2, 0.25) is 13.1 Å². The van der Waals surface area contributed by atoms with Crippen LogP contribution in [0.3, 0.4) is 0 Å². The fourth-order valence-electron chi connectivity index (χ4n) is 8.35. The van der Waals surface area contributed by atoms with Crippen molar-refractivity contribution >= 4 is 18.4 Å². The van der Waals surface area contributed by atoms with Crippen molar-refractivity contribution in [2.75, 3.05) is 0 Å². The molecule has 0 spiro atoms. The van der Waals surface area contributed by atoms with Gasteiger partial charge in [0.1, 0.15) is 8.07 Å². The maximum atomic E-state index is 5.36. The zero-order valence-electron chi connectivity index (χ0n) is 31.8. The highest BCUT2D eigenvalue weighted by Gasteiger charge is 2.41. The first-order chi connectivity index (χ1) is 28.0. The Morgan fingerprint density at radius 1 is 0.333 bits per heavy atom. The molecule has 2 aromatic heterocycles. The monoisotopic (exact) mass is 746 g/mol. The van der Waals surface area contributed by atoms with E-state index in [1.807, 2.05) is 18.2 Å². The second kappa shape index (κ2) is 14.2. The van der Waals surface area contributed by atoms with Crippen molar-refractivity contribution in [3.63, 3.8) is 0 Å². The Labute approximate surface area is 334 Å². The number of fused-ring (bicyclic) bond motifs is 3. The summed E-state index contributed by atoms with van der Waals surface area (Å²) in [5.74, 6) is 0.749. The van der Waals surface area contributed by atoms with Crippen LogP contribution in [0, 0.1) is 0 Å². The minimum absolute atomic E-state index is 0.749. The Bertz CT molecular complexity index is 2940. The molecule has 0 bridgehead atoms. The number of benzene rings is 7. The van der Waals surface area contributed by atoms with Crippen molar-refractivity contribution in [3.8, 4) is 89.8 Å². The average molecular weight is 747 g/mol. The predicted molar refractivity (Wildman–Crippen MR) is 238 cm³/mol. The SMILES string of the molecule is C[Si]1(C)c2ccccc2-c2nc(-c3cccc(-c4cccc(-c5cccc(-c6cccc(-c7nccnc7-c7ccccc7)c6)c5)c4)c3)nc(-c3ccccc3)c21. The van der Waals surface area contributed by atoms with Gasteiger partial charge in [-0.3, -0.25) is 9.97 Å². The third kappa shape index (κ3) is 6.28. The molecule has 9 aromatic rings. The lowest BCUT2D eigenvalue weighted by molar-refractivity contribution is 1.20. The van der Waals surface area contributed by atoms with E-state index in [1.54, 1.807) is 12.4 Å². The fraction of sp³-hybridized carbons (Fsp3) is 0.0385. The first kappa shape index (κ1) is 34.4. The molecule has 270 valence electrons. The van der Waals surface area contributed by atoms with E-state index in [-0.39, 0.29) is 0 Å². The van der Waals surface area contributed by atoms with E-state index in [4.69, 9.17) is 19.9 Å². The van der Waals surface area contributed by atoms with Gasteiger partial charge in [0.05, 0.1) is 22.8 Å². The van der Waals surface area contributed by atoms with Gasteiger partial charge in [0.15, 0.2) is 5.82 Å². The molecular weight excluding hydrogens is 709 g/mol. The van der Waals surface area contributed by atoms with Gasteiger partial charge in [0, 0.05) is 34.6 Å². The van der Waals surface area contributed by atoms with Crippen molar-refractivity contribution in [1.29, 1.82) is 0 Å². The van der Waals surface area contributed by atoms with Crippen LogP contribution < -0.4 is 10.4 Å². The molecule has 57 heavy (non-hydrogen) atoms. The number of nitrogens with zero attached hydrogens (tertiary/aromatic N) is 4. The topological polar surface area (TPSA) is 51.6 Å². The predicted octanol–water partition coefficient (Wildman–Crippen LogP) is 11.7. The highest BCUT2D eigenvalue weighted by Crippen LogP contribution is 2.36. The molecule has 1 aliphatic heterocycles. The highest BCUT2D eigenvalue weighted by molar-refractivity contribution is 7.04. The fourth-order valence-corrected chi connectivity index (χ4v) is 11.6. The second-order valence-corrected chi connectivity index (χ2v) is 19.4. The zero-order chi connectivity index (χ0) is 38.3. The number of aromatic nitrogens is 4. The van der Waals surface area contributed by atoms with Gasteiger partial charge in [-0.15, -0.1) is 0 Å². The molecule has 5 heteroatoms. The first-order valence-electron chi connectivity index (χ1n) is 19.4. The summed E-state index contributed by atoms with van der Waals surface area (Å²) in [4.78, 5) is 20.2. The van der Waals surface area contributed by atoms with Crippen molar-refractivity contribution in [1.82, 2.24) is 19.9 Å². The molecule has 0 unspecified atom stereocenters. The van der Waals surface area contributed by atoms with Gasteiger partial charge in [-0.05, 0) is 73.6 Å². The van der Waals surface area contributed by atoms with Crippen LogP contribution in [0.4, 0.5) is 0 Å². The van der Waals surface area contributed by atoms with Crippen LogP contribution in [0.15, 0.2) is 194 Å². The minimum Gasteiger partial charge on any atom is -0.252 e. The van der Waals surface area contributed by atoms with Crippen molar-refractivity contribution < 1.29 is 0 Å². The molecule has 10 rings (SSSR count). The summed E-state index contributed by atoms with van der Waals surface area (Å²) >= 11 is 0. The van der Waals surface area contributed by atoms with Crippen molar-refractivity contribution in [3.05, 3.63) is 194 Å². The van der Waals surface area contributed by atoms with E-state index in [0.29, 0.717) is 0 Å². The Balaban J connectivity index is 1.00. The Morgan fingerprint density at radius 3 is 1.28 bits per heavy atom. The van der Waals surface area contributed by atoms with Gasteiger partial charge in [0.25, 0.3) is 0 Å². The molecule has 0 amide bonds. The summed E-state index contributed by atoms with van der Waals surface area (Å²) in [7, 11) is -2.02. The molecule has 0 aliphatic carbocycles. The van der Waals surface area contributed by atoms with Crippen molar-refractivity contribution in [2.45, 2.75) is 13.1 Å². The Morgan fingerprint density at radius 2 is 0.719 bits per heavy atom. The molecule has 0 N–H and O–H groups in total. The smallest absolute Gasteiger partial charge is 0.160 e. The zero-order valence-corrected chi connectivity index (χ0v) is 32.8. The summed E-state index contributed by atoms with van der Waals surface area (Å²) in [6, 6.07) is 64.5. The maximum absolute atomic E-state index is 5.36. The van der Waals surface area contributed by atoms with E-state index >= 15 is 0 Å². The lowest BCUT2D eigenvalue weighted by Crippen LogP contribution is -2.50. The molecule has 3 heterocycles. The third-order valence-electron chi connectivity index (χ3n) is 11.2. The molecule has 4 nitrogen and oxygen atoms in total. The molecule has 7 aromatic carbocycles. The first-order valence-corrected chi connectivity index (χ1v) is 22.4. The molecular formula is C52H38N4Si. The minimum atomic E-state index is -2.02. The van der Waals surface area contributed by atoms with Crippen LogP contribution in [-0.2, 0) is 0 Å². The van der Waals surface area contributed by atoms with Gasteiger partial charge < -0.3 is 0 Å². The Kier molecular flexibility index (Phi) is 8.58. The summed E-state index contributed by atoms with van der Waals surface area (Å²) in [6.45, 7) is 4.85. The largest absolute Gasteiger partial charge is 0.252 e. The van der Waals surface area contributed by atoms with Gasteiger partial charge >= 0.3 is 0 Å². The molecule has 0 atom stereocenters. The summed E-state index contributed by atoms with van der Waals surface area (Å²) in [5, 5.41) is 2.75. The van der Waals surface area contributed by atoms with Crippen LogP contribution in [0.5, 0.6) is 0 Å². The van der Waals surface area contributed by atoms with Crippen LogP contribution in [-0.4, -0.2) is 28.0 Å². The van der Waals surface area contributed by atoms with Gasteiger partial charge in [-0.1, -0.05) is 171 Å². The lowest BCUT2D eigenvalue weighted by atomic mass is 9.94. The summed E-state index contributed by atoms with van der Waals surface area (Å²) < 4.78 is 0. The van der Waals surface area contributed by atoms with Crippen LogP contribution in [0.25, 0.3) is 89.8 Å². The average Bonchev–Trinajstić information content (AvgIpc) is 3.52. The van der Waals surface area contributed by atoms with E-state index in [1.165, 1.54) is 15.9 Å². The third-order valence-corrected chi connectivity index (χ3v) is 14.7. The van der Waals surface area contributed by atoms with E-state index in [0.717, 1.165) is 84.2 Å². The highest BCUT2D eigenvalue weighted by atomic mass is 28.3. The number of hydrogen-bond donors (Lipinski definition) is 0. The molecule has 0 saturated carbocycles. The summed E-state index contributed by atoms with van der Waals surface area (Å²) in [6.07, 6.45) is 3.52. The molecule has 0 fully saturated rings. The second-order valence-electron chi connectivity index (χ2n) is 15.1. The van der Waals surface area contributed by atoms with E-state index in [2.05, 4.69) is 177 Å². The quantitative estimate of drug-likeness (QED) is 0.152. The van der Waals surface area contributed by atoms with Gasteiger partial charge in [-0.25, -0.2) is 9.97 Å².